The third-order valence-corrected chi connectivity index (χ3v) is 2.40. The summed E-state index contributed by atoms with van der Waals surface area (Å²) in [5, 5.41) is 0. The first kappa shape index (κ1) is 10.4. The molecule has 13 heavy (non-hydrogen) atoms. The van der Waals surface area contributed by atoms with Gasteiger partial charge in [-0.3, -0.25) is 0 Å². The van der Waals surface area contributed by atoms with E-state index in [2.05, 4.69) is 20.8 Å². The number of rotatable bonds is 1. The van der Waals surface area contributed by atoms with Crippen LogP contribution < -0.4 is 5.73 Å². The molecule has 0 radical (unpaired) electrons. The summed E-state index contributed by atoms with van der Waals surface area (Å²) in [4.78, 5) is 0.880. The number of hydrogen-bond acceptors (Lipinski definition) is 2. The van der Waals surface area contributed by atoms with Gasteiger partial charge in [0.15, 0.2) is 0 Å². The number of halogens is 1. The molecule has 0 aliphatic heterocycles. The van der Waals surface area contributed by atoms with Crippen molar-refractivity contribution in [2.45, 2.75) is 30.4 Å². The van der Waals surface area contributed by atoms with Crippen LogP contribution in [0.2, 0.25) is 0 Å². The largest absolute Gasteiger partial charge is 0.399 e. The molecule has 0 aliphatic rings. The van der Waals surface area contributed by atoms with E-state index in [0.29, 0.717) is 5.69 Å². The van der Waals surface area contributed by atoms with Crippen molar-refractivity contribution in [1.82, 2.24) is 0 Å². The van der Waals surface area contributed by atoms with Crippen molar-refractivity contribution >= 4 is 17.4 Å². The van der Waals surface area contributed by atoms with Crippen molar-refractivity contribution in [3.63, 3.8) is 0 Å². The molecule has 0 saturated carbocycles. The van der Waals surface area contributed by atoms with Crippen LogP contribution in [0.3, 0.4) is 0 Å². The van der Waals surface area contributed by atoms with Crippen molar-refractivity contribution in [3.05, 3.63) is 24.0 Å². The molecule has 0 unspecified atom stereocenters. The highest BCUT2D eigenvalue weighted by molar-refractivity contribution is 8.00. The Morgan fingerprint density at radius 2 is 1.85 bits per heavy atom. The molecular formula is C10H14FNS. The van der Waals surface area contributed by atoms with Crippen LogP contribution in [-0.2, 0) is 0 Å². The average molecular weight is 199 g/mol. The van der Waals surface area contributed by atoms with Crippen LogP contribution in [-0.4, -0.2) is 4.75 Å². The number of nitrogens with two attached hydrogens (primary N) is 1. The second-order valence-electron chi connectivity index (χ2n) is 3.93. The summed E-state index contributed by atoms with van der Waals surface area (Å²) >= 11 is 1.61. The standard InChI is InChI=1S/C10H14FNS/c1-10(2,3)13-9-5-7(11)4-8(12)6-9/h4-6H,12H2,1-3H3. The first-order valence-corrected chi connectivity index (χ1v) is 4.93. The summed E-state index contributed by atoms with van der Waals surface area (Å²) < 4.78 is 13.0. The van der Waals surface area contributed by atoms with Crippen molar-refractivity contribution in [3.8, 4) is 0 Å². The second kappa shape index (κ2) is 3.58. The minimum atomic E-state index is -0.272. The lowest BCUT2D eigenvalue weighted by Gasteiger charge is -2.17. The monoisotopic (exact) mass is 199 g/mol. The van der Waals surface area contributed by atoms with E-state index in [0.717, 1.165) is 4.90 Å². The molecule has 1 rings (SSSR count). The van der Waals surface area contributed by atoms with Gasteiger partial charge in [0.25, 0.3) is 0 Å². The Balaban J connectivity index is 2.90. The molecule has 0 atom stereocenters. The summed E-state index contributed by atoms with van der Waals surface area (Å²) in [6.45, 7) is 6.25. The van der Waals surface area contributed by atoms with E-state index in [1.54, 1.807) is 17.8 Å². The minimum absolute atomic E-state index is 0.0836. The minimum Gasteiger partial charge on any atom is -0.399 e. The topological polar surface area (TPSA) is 26.0 Å². The van der Waals surface area contributed by atoms with E-state index in [9.17, 15) is 4.39 Å². The quantitative estimate of drug-likeness (QED) is 0.554. The van der Waals surface area contributed by atoms with Crippen molar-refractivity contribution in [1.29, 1.82) is 0 Å². The molecule has 2 N–H and O–H groups in total. The Morgan fingerprint density at radius 1 is 1.23 bits per heavy atom. The van der Waals surface area contributed by atoms with Gasteiger partial charge in [0.2, 0.25) is 0 Å². The van der Waals surface area contributed by atoms with E-state index in [4.69, 9.17) is 5.73 Å². The van der Waals surface area contributed by atoms with Gasteiger partial charge < -0.3 is 5.73 Å². The second-order valence-corrected chi connectivity index (χ2v) is 5.83. The molecule has 3 heteroatoms. The lowest BCUT2D eigenvalue weighted by molar-refractivity contribution is 0.625. The third kappa shape index (κ3) is 3.68. The van der Waals surface area contributed by atoms with Crippen molar-refractivity contribution < 1.29 is 4.39 Å². The molecule has 0 amide bonds. The molecule has 0 heterocycles. The lowest BCUT2D eigenvalue weighted by atomic mass is 10.3. The summed E-state index contributed by atoms with van der Waals surface area (Å²) in [7, 11) is 0. The predicted molar refractivity (Wildman–Crippen MR) is 56.4 cm³/mol. The van der Waals surface area contributed by atoms with Crippen LogP contribution in [0.25, 0.3) is 0 Å². The maximum absolute atomic E-state index is 12.9. The Bertz CT molecular complexity index is 284. The Labute approximate surface area is 82.5 Å². The van der Waals surface area contributed by atoms with Crippen LogP contribution >= 0.6 is 11.8 Å². The molecular weight excluding hydrogens is 185 g/mol. The molecule has 1 nitrogen and oxygen atoms in total. The maximum atomic E-state index is 12.9. The van der Waals surface area contributed by atoms with Gasteiger partial charge in [-0.2, -0.15) is 0 Å². The van der Waals surface area contributed by atoms with Gasteiger partial charge in [-0.15, -0.1) is 11.8 Å². The van der Waals surface area contributed by atoms with Crippen LogP contribution in [0.4, 0.5) is 10.1 Å². The zero-order valence-corrected chi connectivity index (χ0v) is 8.91. The number of benzene rings is 1. The Kier molecular flexibility index (Phi) is 2.86. The molecule has 0 bridgehead atoms. The number of anilines is 1. The first-order chi connectivity index (χ1) is 5.87. The zero-order valence-electron chi connectivity index (χ0n) is 8.10. The number of thioether (sulfide) groups is 1. The third-order valence-electron chi connectivity index (χ3n) is 1.32. The van der Waals surface area contributed by atoms with Gasteiger partial charge in [-0.25, -0.2) is 4.39 Å². The fourth-order valence-corrected chi connectivity index (χ4v) is 2.07. The van der Waals surface area contributed by atoms with Gasteiger partial charge in [0, 0.05) is 15.3 Å². The average Bonchev–Trinajstić information content (AvgIpc) is 1.78. The van der Waals surface area contributed by atoms with E-state index in [1.165, 1.54) is 12.1 Å². The van der Waals surface area contributed by atoms with E-state index in [1.807, 2.05) is 0 Å². The fraction of sp³-hybridized carbons (Fsp3) is 0.400. The number of nitrogen functional groups attached to an aromatic ring is 1. The van der Waals surface area contributed by atoms with Gasteiger partial charge in [0.1, 0.15) is 5.82 Å². The van der Waals surface area contributed by atoms with Crippen molar-refractivity contribution in [2.24, 2.45) is 0 Å². The smallest absolute Gasteiger partial charge is 0.126 e. The molecule has 1 aromatic rings. The van der Waals surface area contributed by atoms with Crippen LogP contribution in [0.15, 0.2) is 23.1 Å². The molecule has 0 saturated heterocycles. The summed E-state index contributed by atoms with van der Waals surface area (Å²) in [5.41, 5.74) is 6.00. The Hall–Kier alpha value is -0.700. The SMILES string of the molecule is CC(C)(C)Sc1cc(N)cc(F)c1. The van der Waals surface area contributed by atoms with Gasteiger partial charge in [-0.1, -0.05) is 20.8 Å². The molecule has 0 spiro atoms. The van der Waals surface area contributed by atoms with Crippen LogP contribution in [0.1, 0.15) is 20.8 Å². The molecule has 0 aromatic heterocycles. The highest BCUT2D eigenvalue weighted by Crippen LogP contribution is 2.33. The fourth-order valence-electron chi connectivity index (χ4n) is 0.997. The van der Waals surface area contributed by atoms with Crippen LogP contribution in [0, 0.1) is 5.82 Å². The summed E-state index contributed by atoms with van der Waals surface area (Å²) in [5.74, 6) is -0.272. The number of hydrogen-bond donors (Lipinski definition) is 1. The molecule has 0 aliphatic carbocycles. The predicted octanol–water partition coefficient (Wildman–Crippen LogP) is 3.30. The van der Waals surface area contributed by atoms with E-state index in [-0.39, 0.29) is 10.6 Å². The normalized spacial score (nSPS) is 11.7. The van der Waals surface area contributed by atoms with Crippen LogP contribution in [0.5, 0.6) is 0 Å². The molecule has 1 aromatic carbocycles. The maximum Gasteiger partial charge on any atom is 0.126 e. The van der Waals surface area contributed by atoms with E-state index < -0.39 is 0 Å². The Morgan fingerprint density at radius 3 is 2.31 bits per heavy atom. The molecule has 0 fully saturated rings. The lowest BCUT2D eigenvalue weighted by Crippen LogP contribution is -2.06. The van der Waals surface area contributed by atoms with Gasteiger partial charge in [0.05, 0.1) is 0 Å². The van der Waals surface area contributed by atoms with E-state index >= 15 is 0 Å². The van der Waals surface area contributed by atoms with Gasteiger partial charge in [-0.05, 0) is 18.2 Å². The molecule has 72 valence electrons. The summed E-state index contributed by atoms with van der Waals surface area (Å²) in [6.07, 6.45) is 0. The van der Waals surface area contributed by atoms with Gasteiger partial charge >= 0.3 is 0 Å². The zero-order chi connectivity index (χ0) is 10.1. The summed E-state index contributed by atoms with van der Waals surface area (Å²) in [6, 6.07) is 4.62. The highest BCUT2D eigenvalue weighted by atomic mass is 32.2. The first-order valence-electron chi connectivity index (χ1n) is 4.12. The highest BCUT2D eigenvalue weighted by Gasteiger charge is 2.12. The van der Waals surface area contributed by atoms with Crippen molar-refractivity contribution in [2.75, 3.05) is 5.73 Å².